The van der Waals surface area contributed by atoms with Crippen molar-refractivity contribution in [3.63, 3.8) is 0 Å². The molecular weight excluding hydrogens is 374 g/mol. The highest BCUT2D eigenvalue weighted by Crippen LogP contribution is 2.26. The van der Waals surface area contributed by atoms with Crippen LogP contribution >= 0.6 is 0 Å². The molecule has 30 heavy (non-hydrogen) atoms. The van der Waals surface area contributed by atoms with Gasteiger partial charge in [-0.15, -0.1) is 0 Å². The molecule has 1 unspecified atom stereocenters. The number of carbonyl (C=O) groups is 2. The molecule has 5 nitrogen and oxygen atoms in total. The van der Waals surface area contributed by atoms with Gasteiger partial charge in [-0.3, -0.25) is 14.5 Å². The van der Waals surface area contributed by atoms with Gasteiger partial charge in [0.2, 0.25) is 11.8 Å². The smallest absolute Gasteiger partial charge is 0.229 e. The van der Waals surface area contributed by atoms with Crippen LogP contribution in [-0.4, -0.2) is 36.3 Å². The SMILES string of the molecule is Cc1ccc(N2CC(C(=O)Nc3ccc(CN4CCC(C)CC4)cc3)CC2=O)cc1. The zero-order valence-corrected chi connectivity index (χ0v) is 17.9. The minimum absolute atomic E-state index is 0.00482. The van der Waals surface area contributed by atoms with E-state index >= 15 is 0 Å². The van der Waals surface area contributed by atoms with Crippen LogP contribution in [0.2, 0.25) is 0 Å². The average Bonchev–Trinajstić information content (AvgIpc) is 3.13. The Morgan fingerprint density at radius 3 is 2.37 bits per heavy atom. The average molecular weight is 406 g/mol. The maximum absolute atomic E-state index is 12.7. The molecule has 2 fully saturated rings. The summed E-state index contributed by atoms with van der Waals surface area (Å²) in [6.45, 7) is 8.05. The molecular formula is C25H31N3O2. The van der Waals surface area contributed by atoms with Crippen LogP contribution in [0.4, 0.5) is 11.4 Å². The zero-order valence-electron chi connectivity index (χ0n) is 17.9. The first kappa shape index (κ1) is 20.6. The molecule has 2 aliphatic rings. The molecule has 0 bridgehead atoms. The second-order valence-electron chi connectivity index (χ2n) is 8.89. The molecule has 0 radical (unpaired) electrons. The molecule has 2 aromatic carbocycles. The Morgan fingerprint density at radius 2 is 1.70 bits per heavy atom. The van der Waals surface area contributed by atoms with E-state index in [1.165, 1.54) is 18.4 Å². The number of nitrogens with zero attached hydrogens (tertiary/aromatic N) is 2. The van der Waals surface area contributed by atoms with Crippen LogP contribution in [0.15, 0.2) is 48.5 Å². The minimum Gasteiger partial charge on any atom is -0.326 e. The second-order valence-corrected chi connectivity index (χ2v) is 8.89. The van der Waals surface area contributed by atoms with E-state index in [1.807, 2.05) is 43.3 Å². The molecule has 5 heteroatoms. The Labute approximate surface area is 179 Å². The molecule has 158 valence electrons. The largest absolute Gasteiger partial charge is 0.326 e. The van der Waals surface area contributed by atoms with Crippen molar-refractivity contribution in [2.75, 3.05) is 29.9 Å². The summed E-state index contributed by atoms with van der Waals surface area (Å²) in [4.78, 5) is 29.4. The molecule has 0 aromatic heterocycles. The summed E-state index contributed by atoms with van der Waals surface area (Å²) in [6, 6.07) is 16.0. The number of nitrogens with one attached hydrogen (secondary N) is 1. The highest BCUT2D eigenvalue weighted by Gasteiger charge is 2.35. The van der Waals surface area contributed by atoms with Gasteiger partial charge in [-0.05, 0) is 68.6 Å². The van der Waals surface area contributed by atoms with E-state index in [0.29, 0.717) is 6.54 Å². The quantitative estimate of drug-likeness (QED) is 0.810. The molecule has 2 saturated heterocycles. The lowest BCUT2D eigenvalue weighted by Crippen LogP contribution is -2.32. The topological polar surface area (TPSA) is 52.7 Å². The third-order valence-electron chi connectivity index (χ3n) is 6.35. The number of rotatable bonds is 5. The Bertz CT molecular complexity index is 884. The summed E-state index contributed by atoms with van der Waals surface area (Å²) >= 11 is 0. The van der Waals surface area contributed by atoms with Gasteiger partial charge in [0, 0.05) is 30.9 Å². The van der Waals surface area contributed by atoms with E-state index in [9.17, 15) is 9.59 Å². The monoisotopic (exact) mass is 405 g/mol. The number of piperidine rings is 1. The van der Waals surface area contributed by atoms with Crippen molar-refractivity contribution in [2.45, 2.75) is 39.7 Å². The standard InChI is InChI=1S/C25H31N3O2/c1-18-3-9-23(10-4-18)28-17-21(15-24(28)29)25(30)26-22-7-5-20(6-8-22)16-27-13-11-19(2)12-14-27/h3-10,19,21H,11-17H2,1-2H3,(H,26,30). The number of likely N-dealkylation sites (tertiary alicyclic amines) is 1. The van der Waals surface area contributed by atoms with Crippen LogP contribution in [0.5, 0.6) is 0 Å². The van der Waals surface area contributed by atoms with Crippen molar-refractivity contribution in [2.24, 2.45) is 11.8 Å². The highest BCUT2D eigenvalue weighted by atomic mass is 16.2. The van der Waals surface area contributed by atoms with Gasteiger partial charge >= 0.3 is 0 Å². The third-order valence-corrected chi connectivity index (χ3v) is 6.35. The maximum Gasteiger partial charge on any atom is 0.229 e. The van der Waals surface area contributed by atoms with Gasteiger partial charge in [-0.25, -0.2) is 0 Å². The first-order valence-corrected chi connectivity index (χ1v) is 11.0. The summed E-state index contributed by atoms with van der Waals surface area (Å²) in [5.74, 6) is 0.429. The van der Waals surface area contributed by atoms with Crippen LogP contribution < -0.4 is 10.2 Å². The molecule has 2 aromatic rings. The molecule has 4 rings (SSSR count). The number of benzene rings is 2. The Hall–Kier alpha value is -2.66. The van der Waals surface area contributed by atoms with Crippen molar-refractivity contribution in [1.82, 2.24) is 4.90 Å². The fourth-order valence-electron chi connectivity index (χ4n) is 4.27. The number of amides is 2. The molecule has 0 saturated carbocycles. The molecule has 1 N–H and O–H groups in total. The second kappa shape index (κ2) is 9.00. The Kier molecular flexibility index (Phi) is 6.18. The highest BCUT2D eigenvalue weighted by molar-refractivity contribution is 6.03. The molecule has 2 amide bonds. The van der Waals surface area contributed by atoms with Gasteiger partial charge < -0.3 is 10.2 Å². The van der Waals surface area contributed by atoms with E-state index in [2.05, 4.69) is 29.3 Å². The lowest BCUT2D eigenvalue weighted by Gasteiger charge is -2.30. The van der Waals surface area contributed by atoms with Crippen LogP contribution in [0.3, 0.4) is 0 Å². The van der Waals surface area contributed by atoms with Crippen molar-refractivity contribution >= 4 is 23.2 Å². The number of hydrogen-bond acceptors (Lipinski definition) is 3. The van der Waals surface area contributed by atoms with Gasteiger partial charge in [0.15, 0.2) is 0 Å². The first-order chi connectivity index (χ1) is 14.5. The van der Waals surface area contributed by atoms with Crippen molar-refractivity contribution in [3.8, 4) is 0 Å². The van der Waals surface area contributed by atoms with E-state index in [1.54, 1.807) is 4.90 Å². The predicted molar refractivity (Wildman–Crippen MR) is 120 cm³/mol. The molecule has 0 aliphatic carbocycles. The van der Waals surface area contributed by atoms with E-state index in [0.717, 1.165) is 42.5 Å². The van der Waals surface area contributed by atoms with Crippen LogP contribution in [0, 0.1) is 18.8 Å². The van der Waals surface area contributed by atoms with E-state index in [-0.39, 0.29) is 24.2 Å². The predicted octanol–water partition coefficient (Wildman–Crippen LogP) is 4.22. The minimum atomic E-state index is -0.325. The Morgan fingerprint density at radius 1 is 1.03 bits per heavy atom. The summed E-state index contributed by atoms with van der Waals surface area (Å²) in [5, 5.41) is 2.99. The number of aryl methyl sites for hydroxylation is 1. The normalized spacial score (nSPS) is 20.5. The van der Waals surface area contributed by atoms with Crippen molar-refractivity contribution in [3.05, 3.63) is 59.7 Å². The lowest BCUT2D eigenvalue weighted by molar-refractivity contribution is -0.122. The Balaban J connectivity index is 1.31. The summed E-state index contributed by atoms with van der Waals surface area (Å²) in [6.07, 6.45) is 2.80. The maximum atomic E-state index is 12.7. The van der Waals surface area contributed by atoms with Crippen LogP contribution in [0.25, 0.3) is 0 Å². The number of carbonyl (C=O) groups excluding carboxylic acids is 2. The third kappa shape index (κ3) is 4.90. The lowest BCUT2D eigenvalue weighted by atomic mass is 9.99. The fraction of sp³-hybridized carbons (Fsp3) is 0.440. The molecule has 2 aliphatic heterocycles. The summed E-state index contributed by atoms with van der Waals surface area (Å²) < 4.78 is 0. The number of hydrogen-bond donors (Lipinski definition) is 1. The van der Waals surface area contributed by atoms with Gasteiger partial charge in [-0.1, -0.05) is 36.8 Å². The summed E-state index contributed by atoms with van der Waals surface area (Å²) in [5.41, 5.74) is 4.07. The fourth-order valence-corrected chi connectivity index (χ4v) is 4.27. The molecule has 1 atom stereocenters. The van der Waals surface area contributed by atoms with E-state index < -0.39 is 0 Å². The van der Waals surface area contributed by atoms with Gasteiger partial charge in [0.05, 0.1) is 5.92 Å². The van der Waals surface area contributed by atoms with Gasteiger partial charge in [0.1, 0.15) is 0 Å². The zero-order chi connectivity index (χ0) is 21.1. The van der Waals surface area contributed by atoms with Gasteiger partial charge in [0.25, 0.3) is 0 Å². The van der Waals surface area contributed by atoms with Crippen LogP contribution in [0.1, 0.15) is 37.3 Å². The van der Waals surface area contributed by atoms with Gasteiger partial charge in [-0.2, -0.15) is 0 Å². The van der Waals surface area contributed by atoms with E-state index in [4.69, 9.17) is 0 Å². The first-order valence-electron chi connectivity index (χ1n) is 11.0. The molecule has 0 spiro atoms. The van der Waals surface area contributed by atoms with Crippen LogP contribution in [-0.2, 0) is 16.1 Å². The van der Waals surface area contributed by atoms with Crippen molar-refractivity contribution < 1.29 is 9.59 Å². The van der Waals surface area contributed by atoms with Crippen molar-refractivity contribution in [1.29, 1.82) is 0 Å². The summed E-state index contributed by atoms with van der Waals surface area (Å²) in [7, 11) is 0. The number of anilines is 2. The molecule has 2 heterocycles.